The Bertz CT molecular complexity index is 320. The molecule has 0 spiro atoms. The Kier molecular flexibility index (Phi) is 4.70. The van der Waals surface area contributed by atoms with Gasteiger partial charge in [-0.25, -0.2) is 0 Å². The van der Waals surface area contributed by atoms with Crippen LogP contribution >= 0.6 is 0 Å². The summed E-state index contributed by atoms with van der Waals surface area (Å²) in [6.07, 6.45) is 0.565. The number of carbonyl (C=O) groups is 2. The number of aliphatic carboxylic acids is 1. The molecule has 1 heterocycles. The number of hydrogen-bond donors (Lipinski definition) is 3. The first-order chi connectivity index (χ1) is 8.22. The Morgan fingerprint density at radius 3 is 2.56 bits per heavy atom. The van der Waals surface area contributed by atoms with Crippen molar-refractivity contribution in [3.8, 4) is 0 Å². The largest absolute Gasteiger partial charge is 0.481 e. The fourth-order valence-electron chi connectivity index (χ4n) is 1.97. The summed E-state index contributed by atoms with van der Waals surface area (Å²) in [5.41, 5.74) is -1.57. The molecule has 18 heavy (non-hydrogen) atoms. The third-order valence-electron chi connectivity index (χ3n) is 2.97. The molecule has 1 aliphatic rings. The lowest BCUT2D eigenvalue weighted by molar-refractivity contribution is -0.139. The van der Waals surface area contributed by atoms with Gasteiger partial charge in [0.2, 0.25) is 5.91 Å². The van der Waals surface area contributed by atoms with Crippen molar-refractivity contribution in [1.82, 2.24) is 5.32 Å². The standard InChI is InChI=1S/C12H21NO5/c1-11(2,6-10(15)16)5-9(14)13-7-12(17)3-4-18-8-12/h17H,3-8H2,1-2H3,(H,13,14)(H,15,16). The molecule has 1 rings (SSSR count). The number of ether oxygens (including phenoxy) is 1. The van der Waals surface area contributed by atoms with Gasteiger partial charge >= 0.3 is 5.97 Å². The average Bonchev–Trinajstić information content (AvgIpc) is 2.60. The molecule has 1 amide bonds. The SMILES string of the molecule is CC(C)(CC(=O)O)CC(=O)NCC1(O)CCOC1. The van der Waals surface area contributed by atoms with Gasteiger partial charge in [-0.05, 0) is 5.41 Å². The second-order valence-corrected chi connectivity index (χ2v) is 5.72. The molecule has 0 radical (unpaired) electrons. The minimum Gasteiger partial charge on any atom is -0.481 e. The van der Waals surface area contributed by atoms with E-state index in [1.54, 1.807) is 13.8 Å². The Hall–Kier alpha value is -1.14. The topological polar surface area (TPSA) is 95.9 Å². The number of carbonyl (C=O) groups excluding carboxylic acids is 1. The number of rotatable bonds is 6. The molecule has 3 N–H and O–H groups in total. The lowest BCUT2D eigenvalue weighted by Crippen LogP contribution is -2.44. The predicted octanol–water partition coefficient (Wildman–Crippen LogP) is 0.145. The number of aliphatic hydroxyl groups is 1. The predicted molar refractivity (Wildman–Crippen MR) is 64.0 cm³/mol. The summed E-state index contributed by atoms with van der Waals surface area (Å²) in [6, 6.07) is 0. The van der Waals surface area contributed by atoms with Crippen LogP contribution < -0.4 is 5.32 Å². The summed E-state index contributed by atoms with van der Waals surface area (Å²) in [5, 5.41) is 21.3. The van der Waals surface area contributed by atoms with Gasteiger partial charge in [0.25, 0.3) is 0 Å². The van der Waals surface area contributed by atoms with E-state index in [0.29, 0.717) is 13.0 Å². The average molecular weight is 259 g/mol. The highest BCUT2D eigenvalue weighted by atomic mass is 16.5. The van der Waals surface area contributed by atoms with Crippen molar-refractivity contribution in [3.05, 3.63) is 0 Å². The van der Waals surface area contributed by atoms with Gasteiger partial charge in [0.1, 0.15) is 5.60 Å². The maximum absolute atomic E-state index is 11.7. The van der Waals surface area contributed by atoms with E-state index in [1.807, 2.05) is 0 Å². The molecule has 6 nitrogen and oxygen atoms in total. The zero-order valence-corrected chi connectivity index (χ0v) is 10.9. The maximum Gasteiger partial charge on any atom is 0.303 e. The summed E-state index contributed by atoms with van der Waals surface area (Å²) in [7, 11) is 0. The summed E-state index contributed by atoms with van der Waals surface area (Å²) in [5.74, 6) is -1.17. The van der Waals surface area contributed by atoms with Crippen molar-refractivity contribution in [2.75, 3.05) is 19.8 Å². The van der Waals surface area contributed by atoms with Crippen molar-refractivity contribution in [1.29, 1.82) is 0 Å². The number of carboxylic acids is 1. The van der Waals surface area contributed by atoms with Gasteiger partial charge in [0.05, 0.1) is 13.0 Å². The van der Waals surface area contributed by atoms with Crippen LogP contribution in [-0.2, 0) is 14.3 Å². The van der Waals surface area contributed by atoms with Crippen LogP contribution in [0.25, 0.3) is 0 Å². The van der Waals surface area contributed by atoms with Crippen molar-refractivity contribution in [3.63, 3.8) is 0 Å². The van der Waals surface area contributed by atoms with E-state index >= 15 is 0 Å². The fourth-order valence-corrected chi connectivity index (χ4v) is 1.97. The van der Waals surface area contributed by atoms with Crippen LogP contribution in [0.1, 0.15) is 33.1 Å². The van der Waals surface area contributed by atoms with Crippen LogP contribution in [0.5, 0.6) is 0 Å². The van der Waals surface area contributed by atoms with Crippen LogP contribution in [0.15, 0.2) is 0 Å². The van der Waals surface area contributed by atoms with Crippen LogP contribution in [0.3, 0.4) is 0 Å². The van der Waals surface area contributed by atoms with Crippen molar-refractivity contribution in [2.24, 2.45) is 5.41 Å². The zero-order chi connectivity index (χ0) is 13.8. The van der Waals surface area contributed by atoms with Gasteiger partial charge in [0.15, 0.2) is 0 Å². The number of hydrogen-bond acceptors (Lipinski definition) is 4. The van der Waals surface area contributed by atoms with Crippen molar-refractivity contribution >= 4 is 11.9 Å². The summed E-state index contributed by atoms with van der Waals surface area (Å²) in [4.78, 5) is 22.3. The van der Waals surface area contributed by atoms with Gasteiger partial charge in [-0.2, -0.15) is 0 Å². The summed E-state index contributed by atoms with van der Waals surface area (Å²) >= 11 is 0. The van der Waals surface area contributed by atoms with Crippen LogP contribution in [-0.4, -0.2) is 47.4 Å². The van der Waals surface area contributed by atoms with Gasteiger partial charge in [-0.3, -0.25) is 9.59 Å². The van der Waals surface area contributed by atoms with E-state index in [1.165, 1.54) is 0 Å². The number of carboxylic acid groups (broad SMARTS) is 1. The number of nitrogens with one attached hydrogen (secondary N) is 1. The highest BCUT2D eigenvalue weighted by Crippen LogP contribution is 2.25. The third-order valence-corrected chi connectivity index (χ3v) is 2.97. The molecule has 1 fully saturated rings. The first-order valence-corrected chi connectivity index (χ1v) is 6.01. The lowest BCUT2D eigenvalue weighted by atomic mass is 9.85. The molecule has 1 saturated heterocycles. The smallest absolute Gasteiger partial charge is 0.303 e. The molecular weight excluding hydrogens is 238 g/mol. The summed E-state index contributed by atoms with van der Waals surface area (Å²) in [6.45, 7) is 4.33. The highest BCUT2D eigenvalue weighted by Gasteiger charge is 2.33. The Balaban J connectivity index is 2.35. The molecule has 1 atom stereocenters. The Labute approximate surface area is 106 Å². The van der Waals surface area contributed by atoms with Gasteiger partial charge in [0, 0.05) is 26.0 Å². The Morgan fingerprint density at radius 1 is 1.39 bits per heavy atom. The fraction of sp³-hybridized carbons (Fsp3) is 0.833. The molecule has 1 aliphatic heterocycles. The van der Waals surface area contributed by atoms with E-state index in [4.69, 9.17) is 9.84 Å². The molecule has 0 saturated carbocycles. The van der Waals surface area contributed by atoms with Crippen molar-refractivity contribution in [2.45, 2.75) is 38.7 Å². The zero-order valence-electron chi connectivity index (χ0n) is 10.9. The molecule has 6 heteroatoms. The molecule has 1 unspecified atom stereocenters. The summed E-state index contributed by atoms with van der Waals surface area (Å²) < 4.78 is 5.07. The molecule has 0 aromatic heterocycles. The number of amides is 1. The van der Waals surface area contributed by atoms with Crippen molar-refractivity contribution < 1.29 is 24.5 Å². The van der Waals surface area contributed by atoms with Gasteiger partial charge in [-0.15, -0.1) is 0 Å². The molecule has 104 valence electrons. The maximum atomic E-state index is 11.7. The molecule has 0 aromatic rings. The van der Waals surface area contributed by atoms with E-state index < -0.39 is 17.0 Å². The van der Waals surface area contributed by atoms with E-state index in [-0.39, 0.29) is 31.9 Å². The van der Waals surface area contributed by atoms with Gasteiger partial charge in [-0.1, -0.05) is 13.8 Å². The first kappa shape index (κ1) is 14.9. The van der Waals surface area contributed by atoms with Crippen LogP contribution in [0, 0.1) is 5.41 Å². The van der Waals surface area contributed by atoms with E-state index in [9.17, 15) is 14.7 Å². The quantitative estimate of drug-likeness (QED) is 0.631. The van der Waals surface area contributed by atoms with Gasteiger partial charge < -0.3 is 20.3 Å². The molecule has 0 bridgehead atoms. The second-order valence-electron chi connectivity index (χ2n) is 5.72. The Morgan fingerprint density at radius 2 is 2.06 bits per heavy atom. The van der Waals surface area contributed by atoms with E-state index in [2.05, 4.69) is 5.32 Å². The van der Waals surface area contributed by atoms with Crippen LogP contribution in [0.4, 0.5) is 0 Å². The van der Waals surface area contributed by atoms with Crippen LogP contribution in [0.2, 0.25) is 0 Å². The lowest BCUT2D eigenvalue weighted by Gasteiger charge is -2.24. The monoisotopic (exact) mass is 259 g/mol. The second kappa shape index (κ2) is 5.67. The molecule has 0 aromatic carbocycles. The minimum absolute atomic E-state index is 0.0617. The molecule has 0 aliphatic carbocycles. The molecular formula is C12H21NO5. The van der Waals surface area contributed by atoms with E-state index in [0.717, 1.165) is 0 Å². The minimum atomic E-state index is -0.980. The third kappa shape index (κ3) is 5.01. The first-order valence-electron chi connectivity index (χ1n) is 6.01. The normalized spacial score (nSPS) is 23.9. The highest BCUT2D eigenvalue weighted by molar-refractivity contribution is 5.78.